The van der Waals surface area contributed by atoms with Crippen molar-refractivity contribution in [1.82, 2.24) is 0 Å². The molecule has 0 radical (unpaired) electrons. The Kier molecular flexibility index (Phi) is 5.26. The third-order valence-corrected chi connectivity index (χ3v) is 4.81. The zero-order chi connectivity index (χ0) is 18.1. The Hall–Kier alpha value is -1.58. The summed E-state index contributed by atoms with van der Waals surface area (Å²) in [6, 6.07) is 1.54. The van der Waals surface area contributed by atoms with Gasteiger partial charge in [-0.3, -0.25) is 0 Å². The minimum Gasteiger partial charge on any atom is -0.549 e. The topological polar surface area (TPSA) is 43.4 Å². The van der Waals surface area contributed by atoms with Crippen LogP contribution in [0.5, 0.6) is 0 Å². The van der Waals surface area contributed by atoms with E-state index in [1.54, 1.807) is 0 Å². The quantitative estimate of drug-likeness (QED) is 0.763. The number of aliphatic carboxylic acids is 1. The molecule has 1 aromatic rings. The van der Waals surface area contributed by atoms with E-state index in [1.807, 2.05) is 0 Å². The van der Waals surface area contributed by atoms with Gasteiger partial charge in [-0.2, -0.15) is 38.1 Å². The van der Waals surface area contributed by atoms with Gasteiger partial charge in [0.25, 0.3) is 0 Å². The number of carbonyl (C=O) groups is 1. The molecular weight excluding hydrogens is 360 g/mol. The maximum Gasteiger partial charge on any atom is 0.418 e. The second-order valence-corrected chi connectivity index (χ2v) is 6.56. The zero-order valence-electron chi connectivity index (χ0n) is 12.1. The average Bonchev–Trinajstić information content (AvgIpc) is 2.91. The summed E-state index contributed by atoms with van der Waals surface area (Å²) in [6.07, 6.45) is -9.35. The highest BCUT2D eigenvalue weighted by molar-refractivity contribution is 8.00. The van der Waals surface area contributed by atoms with Crippen LogP contribution in [-0.4, -0.2) is 30.1 Å². The van der Waals surface area contributed by atoms with E-state index in [4.69, 9.17) is 0 Å². The Morgan fingerprint density at radius 2 is 1.88 bits per heavy atom. The lowest BCUT2D eigenvalue weighted by Crippen LogP contribution is -2.27. The molecule has 0 spiro atoms. The van der Waals surface area contributed by atoms with E-state index in [0.29, 0.717) is 12.5 Å². The van der Waals surface area contributed by atoms with Gasteiger partial charge in [0.2, 0.25) is 0 Å². The number of carboxylic acids is 1. The van der Waals surface area contributed by atoms with E-state index in [9.17, 15) is 36.2 Å². The average molecular weight is 372 g/mol. The third kappa shape index (κ3) is 4.49. The van der Waals surface area contributed by atoms with Crippen LogP contribution < -0.4 is 10.0 Å². The first-order valence-corrected chi connectivity index (χ1v) is 7.88. The predicted octanol–water partition coefficient (Wildman–Crippen LogP) is 2.79. The van der Waals surface area contributed by atoms with Gasteiger partial charge < -0.3 is 14.8 Å². The number of carboxylic acid groups (broad SMARTS) is 1. The van der Waals surface area contributed by atoms with Gasteiger partial charge in [0, 0.05) is 29.8 Å². The number of anilines is 1. The van der Waals surface area contributed by atoms with Crippen LogP contribution in [0.25, 0.3) is 0 Å². The number of alkyl halides is 6. The summed E-state index contributed by atoms with van der Waals surface area (Å²) in [5.74, 6) is -1.55. The molecule has 0 aliphatic carbocycles. The molecule has 10 heteroatoms. The highest BCUT2D eigenvalue weighted by Crippen LogP contribution is 2.42. The molecule has 3 nitrogen and oxygen atoms in total. The van der Waals surface area contributed by atoms with Gasteiger partial charge in [0.15, 0.2) is 0 Å². The zero-order valence-corrected chi connectivity index (χ0v) is 12.9. The molecule has 2 rings (SSSR count). The van der Waals surface area contributed by atoms with Crippen LogP contribution in [0.15, 0.2) is 18.2 Å². The van der Waals surface area contributed by atoms with E-state index in [1.165, 1.54) is 4.90 Å². The Bertz CT molecular complexity index is 616. The van der Waals surface area contributed by atoms with Gasteiger partial charge >= 0.3 is 12.4 Å². The molecular formula is C14H12F6NO2S-. The van der Waals surface area contributed by atoms with Crippen molar-refractivity contribution in [2.75, 3.05) is 23.7 Å². The first kappa shape index (κ1) is 18.8. The monoisotopic (exact) mass is 372 g/mol. The molecule has 1 unspecified atom stereocenters. The molecule has 1 aliphatic rings. The molecule has 1 saturated heterocycles. The van der Waals surface area contributed by atoms with Crippen LogP contribution in [-0.2, 0) is 17.1 Å². The highest BCUT2D eigenvalue weighted by Gasteiger charge is 2.40. The van der Waals surface area contributed by atoms with Crippen LogP contribution in [0.3, 0.4) is 0 Å². The lowest BCUT2D eigenvalue weighted by atomic mass is 10.1. The molecule has 0 N–H and O–H groups in total. The number of hydrogen-bond acceptors (Lipinski definition) is 4. The summed E-state index contributed by atoms with van der Waals surface area (Å²) in [5.41, 5.74) is -3.03. The summed E-state index contributed by atoms with van der Waals surface area (Å²) >= 11 is 1.05. The number of thioether (sulfide) groups is 1. The van der Waals surface area contributed by atoms with Crippen LogP contribution in [0, 0.1) is 0 Å². The van der Waals surface area contributed by atoms with Crippen molar-refractivity contribution in [2.24, 2.45) is 0 Å². The van der Waals surface area contributed by atoms with Crippen molar-refractivity contribution in [3.63, 3.8) is 0 Å². The van der Waals surface area contributed by atoms with E-state index < -0.39 is 29.4 Å². The van der Waals surface area contributed by atoms with Gasteiger partial charge in [-0.15, -0.1) is 0 Å². The summed E-state index contributed by atoms with van der Waals surface area (Å²) in [4.78, 5) is 11.8. The van der Waals surface area contributed by atoms with Crippen molar-refractivity contribution < 1.29 is 36.2 Å². The molecule has 1 heterocycles. The standard InChI is InChI=1S/C14H13F6NO2S/c15-13(16,17)8-1-2-11(10(5-8)14(18,19)20)21-4-3-9(6-21)24-7-12(22)23/h1-2,5,9H,3-4,6-7H2,(H,22,23)/p-1. The van der Waals surface area contributed by atoms with Crippen LogP contribution in [0.2, 0.25) is 0 Å². The summed E-state index contributed by atoms with van der Waals surface area (Å²) in [6.45, 7) is 0.339. The molecule has 0 aromatic heterocycles. The number of nitrogens with zero attached hydrogens (tertiary/aromatic N) is 1. The summed E-state index contributed by atoms with van der Waals surface area (Å²) in [5, 5.41) is 10.2. The lowest BCUT2D eigenvalue weighted by Gasteiger charge is -2.24. The molecule has 1 aliphatic heterocycles. The lowest BCUT2D eigenvalue weighted by molar-refractivity contribution is -0.301. The van der Waals surface area contributed by atoms with Crippen LogP contribution in [0.1, 0.15) is 17.5 Å². The van der Waals surface area contributed by atoms with Crippen LogP contribution >= 0.6 is 11.8 Å². The third-order valence-electron chi connectivity index (χ3n) is 3.55. The van der Waals surface area contributed by atoms with Crippen molar-refractivity contribution >= 4 is 23.4 Å². The number of hydrogen-bond donors (Lipinski definition) is 0. The first-order valence-electron chi connectivity index (χ1n) is 6.83. The molecule has 0 amide bonds. The van der Waals surface area contributed by atoms with E-state index >= 15 is 0 Å². The maximum absolute atomic E-state index is 13.1. The van der Waals surface area contributed by atoms with Crippen molar-refractivity contribution in [3.8, 4) is 0 Å². The fourth-order valence-corrected chi connectivity index (χ4v) is 3.41. The van der Waals surface area contributed by atoms with Gasteiger partial charge in [-0.05, 0) is 24.6 Å². The van der Waals surface area contributed by atoms with Crippen molar-refractivity contribution in [3.05, 3.63) is 29.3 Å². The summed E-state index contributed by atoms with van der Waals surface area (Å²) < 4.78 is 77.4. The molecule has 0 saturated carbocycles. The van der Waals surface area contributed by atoms with Gasteiger partial charge in [-0.1, -0.05) is 0 Å². The normalized spacial score (nSPS) is 18.9. The molecule has 0 bridgehead atoms. The second-order valence-electron chi connectivity index (χ2n) is 5.27. The van der Waals surface area contributed by atoms with Crippen LogP contribution in [0.4, 0.5) is 32.0 Å². The number of carbonyl (C=O) groups excluding carboxylic acids is 1. The molecule has 24 heavy (non-hydrogen) atoms. The number of rotatable bonds is 4. The first-order chi connectivity index (χ1) is 11.0. The minimum atomic E-state index is -4.92. The smallest absolute Gasteiger partial charge is 0.418 e. The van der Waals surface area contributed by atoms with Gasteiger partial charge in [0.1, 0.15) is 0 Å². The van der Waals surface area contributed by atoms with Crippen molar-refractivity contribution in [2.45, 2.75) is 24.0 Å². The van der Waals surface area contributed by atoms with Gasteiger partial charge in [0.05, 0.1) is 17.1 Å². The molecule has 1 atom stereocenters. The summed E-state index contributed by atoms with van der Waals surface area (Å²) in [7, 11) is 0. The molecule has 1 fully saturated rings. The van der Waals surface area contributed by atoms with E-state index in [-0.39, 0.29) is 35.8 Å². The largest absolute Gasteiger partial charge is 0.549 e. The Morgan fingerprint density at radius 1 is 1.21 bits per heavy atom. The highest BCUT2D eigenvalue weighted by atomic mass is 32.2. The Morgan fingerprint density at radius 3 is 2.42 bits per heavy atom. The van der Waals surface area contributed by atoms with Crippen molar-refractivity contribution in [1.29, 1.82) is 0 Å². The Labute approximate surface area is 137 Å². The maximum atomic E-state index is 13.1. The Balaban J connectivity index is 2.26. The minimum absolute atomic E-state index is 0.108. The SMILES string of the molecule is O=C([O-])CSC1CCN(c2ccc(C(F)(F)F)cc2C(F)(F)F)C1. The predicted molar refractivity (Wildman–Crippen MR) is 74.5 cm³/mol. The second kappa shape index (κ2) is 6.73. The fraction of sp³-hybridized carbons (Fsp3) is 0.500. The molecule has 1 aromatic carbocycles. The van der Waals surface area contributed by atoms with Gasteiger partial charge in [-0.25, -0.2) is 0 Å². The van der Waals surface area contributed by atoms with E-state index in [0.717, 1.165) is 17.8 Å². The number of benzene rings is 1. The van der Waals surface area contributed by atoms with E-state index in [2.05, 4.69) is 0 Å². The molecule has 134 valence electrons. The number of halogens is 6. The fourth-order valence-electron chi connectivity index (χ4n) is 2.48.